The molecule has 3 fully saturated rings. The first-order valence-electron chi connectivity index (χ1n) is 7.97. The molecule has 1 aliphatic carbocycles. The first-order valence-corrected chi connectivity index (χ1v) is 7.97. The van der Waals surface area contributed by atoms with Gasteiger partial charge in [-0.05, 0) is 31.7 Å². The predicted octanol–water partition coefficient (Wildman–Crippen LogP) is 0.702. The minimum atomic E-state index is -0.478. The lowest BCUT2D eigenvalue weighted by Crippen LogP contribution is -2.50. The number of halogens is 1. The Kier molecular flexibility index (Phi) is 5.88. The Bertz CT molecular complexity index is 363. The molecule has 1 saturated carbocycles. The molecule has 21 heavy (non-hydrogen) atoms. The Morgan fingerprint density at radius 3 is 3.05 bits per heavy atom. The van der Waals surface area contributed by atoms with Crippen LogP contribution in [0.15, 0.2) is 0 Å². The van der Waals surface area contributed by atoms with Crippen molar-refractivity contribution in [1.82, 2.24) is 10.6 Å². The summed E-state index contributed by atoms with van der Waals surface area (Å²) in [7, 11) is 0. The van der Waals surface area contributed by atoms with E-state index >= 15 is 0 Å². The van der Waals surface area contributed by atoms with Crippen molar-refractivity contribution in [3.8, 4) is 0 Å². The van der Waals surface area contributed by atoms with Gasteiger partial charge in [0.1, 0.15) is 0 Å². The number of carbonyl (C=O) groups excluding carboxylic acids is 1. The third kappa shape index (κ3) is 3.36. The summed E-state index contributed by atoms with van der Waals surface area (Å²) in [4.78, 5) is 12.6. The largest absolute Gasteiger partial charge is 0.391 e. The average molecular weight is 319 g/mol. The van der Waals surface area contributed by atoms with E-state index in [2.05, 4.69) is 10.6 Å². The number of hydrogen-bond acceptors (Lipinski definition) is 4. The van der Waals surface area contributed by atoms with Crippen molar-refractivity contribution in [3.63, 3.8) is 0 Å². The summed E-state index contributed by atoms with van der Waals surface area (Å²) in [5.41, 5.74) is -0.218. The number of ether oxygens (including phenoxy) is 1. The molecule has 5 nitrogen and oxygen atoms in total. The van der Waals surface area contributed by atoms with Gasteiger partial charge >= 0.3 is 0 Å². The van der Waals surface area contributed by atoms with E-state index in [9.17, 15) is 9.90 Å². The number of amides is 1. The molecule has 3 rings (SSSR count). The second kappa shape index (κ2) is 7.27. The zero-order chi connectivity index (χ0) is 14.0. The molecular weight excluding hydrogens is 292 g/mol. The van der Waals surface area contributed by atoms with Crippen molar-refractivity contribution in [2.75, 3.05) is 32.8 Å². The van der Waals surface area contributed by atoms with Gasteiger partial charge in [0.2, 0.25) is 5.91 Å². The number of aliphatic hydroxyl groups excluding tert-OH is 1. The van der Waals surface area contributed by atoms with Gasteiger partial charge < -0.3 is 20.5 Å². The van der Waals surface area contributed by atoms with Gasteiger partial charge in [-0.25, -0.2) is 0 Å². The molecule has 0 aromatic carbocycles. The molecule has 3 aliphatic rings. The summed E-state index contributed by atoms with van der Waals surface area (Å²) >= 11 is 0. The Morgan fingerprint density at radius 2 is 2.29 bits per heavy atom. The zero-order valence-electron chi connectivity index (χ0n) is 12.5. The van der Waals surface area contributed by atoms with Gasteiger partial charge in [0, 0.05) is 25.6 Å². The standard InChI is InChI=1S/C15H26N2O3.ClH/c18-13(11-4-6-20-9-11)8-17-14(19)15-5-2-1-3-12(15)7-16-10-15;/h11-13,16,18H,1-10H2,(H,17,19);1H/t11?,12-,13?,15+;/m0./s1. The summed E-state index contributed by atoms with van der Waals surface area (Å²) in [6.07, 6.45) is 4.94. The van der Waals surface area contributed by atoms with Crippen molar-refractivity contribution < 1.29 is 14.6 Å². The fraction of sp³-hybridized carbons (Fsp3) is 0.933. The van der Waals surface area contributed by atoms with E-state index in [1.165, 1.54) is 6.42 Å². The van der Waals surface area contributed by atoms with Crippen molar-refractivity contribution in [2.24, 2.45) is 17.3 Å². The Hall–Kier alpha value is -0.360. The van der Waals surface area contributed by atoms with Crippen LogP contribution in [0.3, 0.4) is 0 Å². The summed E-state index contributed by atoms with van der Waals surface area (Å²) in [5.74, 6) is 0.796. The second-order valence-corrected chi connectivity index (χ2v) is 6.63. The minimum absolute atomic E-state index is 0. The fourth-order valence-electron chi connectivity index (χ4n) is 4.09. The lowest BCUT2D eigenvalue weighted by atomic mass is 9.67. The quantitative estimate of drug-likeness (QED) is 0.714. The highest BCUT2D eigenvalue weighted by atomic mass is 35.5. The molecule has 1 amide bonds. The summed E-state index contributed by atoms with van der Waals surface area (Å²) in [5, 5.41) is 16.5. The highest BCUT2D eigenvalue weighted by Gasteiger charge is 2.49. The number of carbonyl (C=O) groups is 1. The Balaban J connectivity index is 0.00000161. The molecule has 2 heterocycles. The van der Waals surface area contributed by atoms with Crippen molar-refractivity contribution >= 4 is 18.3 Å². The van der Waals surface area contributed by atoms with Crippen LogP contribution < -0.4 is 10.6 Å². The molecule has 0 aromatic heterocycles. The van der Waals surface area contributed by atoms with Crippen LogP contribution in [0.1, 0.15) is 32.1 Å². The SMILES string of the molecule is Cl.O=C(NCC(O)C1CCOC1)[C@@]12CCCC[C@H]1CNC2. The number of aliphatic hydroxyl groups is 1. The van der Waals surface area contributed by atoms with Crippen molar-refractivity contribution in [3.05, 3.63) is 0 Å². The van der Waals surface area contributed by atoms with Crippen LogP contribution in [-0.2, 0) is 9.53 Å². The molecule has 122 valence electrons. The van der Waals surface area contributed by atoms with Crippen LogP contribution >= 0.6 is 12.4 Å². The van der Waals surface area contributed by atoms with Crippen molar-refractivity contribution in [1.29, 1.82) is 0 Å². The Labute approximate surface area is 132 Å². The van der Waals surface area contributed by atoms with Crippen LogP contribution in [0, 0.1) is 17.3 Å². The third-order valence-corrected chi connectivity index (χ3v) is 5.47. The maximum Gasteiger partial charge on any atom is 0.227 e. The molecule has 3 N–H and O–H groups in total. The van der Waals surface area contributed by atoms with Crippen LogP contribution in [0.4, 0.5) is 0 Å². The van der Waals surface area contributed by atoms with E-state index in [0.29, 0.717) is 19.1 Å². The number of nitrogens with one attached hydrogen (secondary N) is 2. The van der Waals surface area contributed by atoms with Gasteiger partial charge in [-0.3, -0.25) is 4.79 Å². The van der Waals surface area contributed by atoms with E-state index in [-0.39, 0.29) is 29.6 Å². The smallest absolute Gasteiger partial charge is 0.227 e. The van der Waals surface area contributed by atoms with Crippen LogP contribution in [0.2, 0.25) is 0 Å². The fourth-order valence-corrected chi connectivity index (χ4v) is 4.09. The van der Waals surface area contributed by atoms with Crippen LogP contribution in [0.5, 0.6) is 0 Å². The van der Waals surface area contributed by atoms with E-state index in [1.807, 2.05) is 0 Å². The highest BCUT2D eigenvalue weighted by Crippen LogP contribution is 2.43. The average Bonchev–Trinajstić information content (AvgIpc) is 3.13. The predicted molar refractivity (Wildman–Crippen MR) is 82.5 cm³/mol. The summed E-state index contributed by atoms with van der Waals surface area (Å²) in [6, 6.07) is 0. The highest BCUT2D eigenvalue weighted by molar-refractivity contribution is 5.85. The lowest BCUT2D eigenvalue weighted by molar-refractivity contribution is -0.134. The van der Waals surface area contributed by atoms with Gasteiger partial charge in [-0.2, -0.15) is 0 Å². The van der Waals surface area contributed by atoms with Crippen LogP contribution in [-0.4, -0.2) is 50.0 Å². The lowest BCUT2D eigenvalue weighted by Gasteiger charge is -2.37. The topological polar surface area (TPSA) is 70.6 Å². The van der Waals surface area contributed by atoms with Crippen LogP contribution in [0.25, 0.3) is 0 Å². The molecule has 4 atom stereocenters. The van der Waals surface area contributed by atoms with E-state index in [1.54, 1.807) is 0 Å². The molecule has 6 heteroatoms. The second-order valence-electron chi connectivity index (χ2n) is 6.63. The molecule has 2 aliphatic heterocycles. The molecule has 0 aromatic rings. The number of rotatable bonds is 4. The van der Waals surface area contributed by atoms with E-state index in [4.69, 9.17) is 4.74 Å². The van der Waals surface area contributed by atoms with Gasteiger partial charge in [0.25, 0.3) is 0 Å². The minimum Gasteiger partial charge on any atom is -0.391 e. The maximum atomic E-state index is 12.6. The normalized spacial score (nSPS) is 36.6. The van der Waals surface area contributed by atoms with E-state index in [0.717, 1.165) is 45.4 Å². The molecule has 0 radical (unpaired) electrons. The van der Waals surface area contributed by atoms with Gasteiger partial charge in [-0.15, -0.1) is 12.4 Å². The molecule has 0 bridgehead atoms. The van der Waals surface area contributed by atoms with Crippen molar-refractivity contribution in [2.45, 2.75) is 38.2 Å². The first-order chi connectivity index (χ1) is 9.72. The zero-order valence-corrected chi connectivity index (χ0v) is 13.3. The molecule has 0 spiro atoms. The molecule has 2 saturated heterocycles. The van der Waals surface area contributed by atoms with Gasteiger partial charge in [0.05, 0.1) is 18.1 Å². The third-order valence-electron chi connectivity index (χ3n) is 5.47. The first kappa shape index (κ1) is 17.0. The number of hydrogen-bond donors (Lipinski definition) is 3. The maximum absolute atomic E-state index is 12.6. The van der Waals surface area contributed by atoms with E-state index < -0.39 is 6.10 Å². The summed E-state index contributed by atoms with van der Waals surface area (Å²) in [6.45, 7) is 3.47. The summed E-state index contributed by atoms with van der Waals surface area (Å²) < 4.78 is 5.29. The monoisotopic (exact) mass is 318 g/mol. The molecule has 2 unspecified atom stereocenters. The Morgan fingerprint density at radius 1 is 1.43 bits per heavy atom. The van der Waals surface area contributed by atoms with Gasteiger partial charge in [-0.1, -0.05) is 12.8 Å². The number of fused-ring (bicyclic) bond motifs is 1. The molecular formula is C15H27ClN2O3. The van der Waals surface area contributed by atoms with Gasteiger partial charge in [0.15, 0.2) is 0 Å².